The number of rotatable bonds is 27. The largest absolute Gasteiger partial charge is 0.454 e. The summed E-state index contributed by atoms with van der Waals surface area (Å²) in [5.41, 5.74) is -0.542. The van der Waals surface area contributed by atoms with Crippen LogP contribution in [0.2, 0.25) is 0 Å². The summed E-state index contributed by atoms with van der Waals surface area (Å²) in [6, 6.07) is 3.54. The number of Topliss-reactive ketones (excluding diaryl/α,β-unsaturated/α-hetero) is 1. The van der Waals surface area contributed by atoms with Gasteiger partial charge in [0.05, 0.1) is 58.8 Å². The summed E-state index contributed by atoms with van der Waals surface area (Å²) in [6.07, 6.45) is -8.53. The molecule has 0 radical (unpaired) electrons. The van der Waals surface area contributed by atoms with Crippen LogP contribution in [0.3, 0.4) is 0 Å². The maximum atomic E-state index is 13.4. The SMILES string of the molecule is CC(=O)CNC(=O)CNC(=O)CNC(=O)CNC(=O)CNC(=O)CNC(=O)COC(=O)[C@H](Cc1ccccc1)NC(=O)CNC(=O)C(CC(=O)N[C@@H]1OC(CO)[C@H](O)[C@H](O)C1NC(C)=O)NC(=O)OC(C)(C)C. The molecule has 0 saturated carbocycles. The van der Waals surface area contributed by atoms with Crippen molar-refractivity contribution in [1.29, 1.82) is 0 Å². The van der Waals surface area contributed by atoms with Crippen LogP contribution in [-0.2, 0) is 78.2 Å². The molecule has 1 aliphatic heterocycles. The number of nitrogens with one attached hydrogen (secondary N) is 11. The number of aliphatic hydroxyl groups is 3. The summed E-state index contributed by atoms with van der Waals surface area (Å²) in [5, 5.41) is 55.2. The van der Waals surface area contributed by atoms with Crippen LogP contribution in [0.1, 0.15) is 46.6 Å². The number of benzene rings is 1. The highest BCUT2D eigenvalue weighted by molar-refractivity contribution is 5.95. The minimum atomic E-state index is -1.75. The van der Waals surface area contributed by atoms with Crippen LogP contribution in [0.15, 0.2) is 30.3 Å². The topological polar surface area (TPSA) is 443 Å². The predicted octanol–water partition coefficient (Wildman–Crippen LogP) is -8.00. The van der Waals surface area contributed by atoms with Crippen LogP contribution in [-0.4, -0.2) is 200 Å². The van der Waals surface area contributed by atoms with Crippen LogP contribution in [0.25, 0.3) is 0 Å². The fraction of sp³-hybridized carbons (Fsp3) is 0.558. The summed E-state index contributed by atoms with van der Waals surface area (Å²) >= 11 is 0. The van der Waals surface area contributed by atoms with E-state index in [2.05, 4.69) is 58.5 Å². The zero-order chi connectivity index (χ0) is 54.8. The minimum absolute atomic E-state index is 0.179. The molecular formula is C43H63N11O19. The molecule has 0 aliphatic carbocycles. The number of hydrogen-bond donors (Lipinski definition) is 14. The van der Waals surface area contributed by atoms with Crippen LogP contribution < -0.4 is 58.5 Å². The Hall–Kier alpha value is -7.83. The summed E-state index contributed by atoms with van der Waals surface area (Å²) in [6.45, 7) is 1.22. The molecule has 1 aromatic carbocycles. The quantitative estimate of drug-likeness (QED) is 0.0364. The van der Waals surface area contributed by atoms with Crippen molar-refractivity contribution >= 4 is 76.9 Å². The maximum absolute atomic E-state index is 13.4. The van der Waals surface area contributed by atoms with Gasteiger partial charge in [-0.2, -0.15) is 0 Å². The Morgan fingerprint density at radius 1 is 0.603 bits per heavy atom. The number of alkyl carbamates (subject to hydrolysis) is 1. The lowest BCUT2D eigenvalue weighted by atomic mass is 9.95. The monoisotopic (exact) mass is 1040 g/mol. The molecule has 1 saturated heterocycles. The third-order valence-corrected chi connectivity index (χ3v) is 9.43. The highest BCUT2D eigenvalue weighted by atomic mass is 16.6. The van der Waals surface area contributed by atoms with Crippen molar-refractivity contribution in [3.05, 3.63) is 35.9 Å². The van der Waals surface area contributed by atoms with Crippen molar-refractivity contribution < 1.29 is 91.9 Å². The fourth-order valence-corrected chi connectivity index (χ4v) is 5.99. The van der Waals surface area contributed by atoms with Crippen molar-refractivity contribution in [2.75, 3.05) is 59.0 Å². The van der Waals surface area contributed by atoms with E-state index in [9.17, 15) is 77.6 Å². The first-order valence-corrected chi connectivity index (χ1v) is 22.3. The van der Waals surface area contributed by atoms with Gasteiger partial charge < -0.3 is 88.0 Å². The van der Waals surface area contributed by atoms with Crippen molar-refractivity contribution in [2.24, 2.45) is 0 Å². The summed E-state index contributed by atoms with van der Waals surface area (Å²) in [5.74, 6) is -10.0. The lowest BCUT2D eigenvalue weighted by Gasteiger charge is -2.42. The smallest absolute Gasteiger partial charge is 0.408 e. The van der Waals surface area contributed by atoms with Gasteiger partial charge in [0.15, 0.2) is 12.8 Å². The van der Waals surface area contributed by atoms with E-state index in [1.807, 2.05) is 0 Å². The zero-order valence-electron chi connectivity index (χ0n) is 40.6. The van der Waals surface area contributed by atoms with E-state index < -0.39 is 178 Å². The lowest BCUT2D eigenvalue weighted by Crippen LogP contribution is -2.68. The highest BCUT2D eigenvalue weighted by Gasteiger charge is 2.45. The molecule has 30 nitrogen and oxygen atoms in total. The summed E-state index contributed by atoms with van der Waals surface area (Å²) in [4.78, 5) is 161. The molecule has 2 rings (SSSR count). The van der Waals surface area contributed by atoms with E-state index in [4.69, 9.17) is 14.2 Å². The van der Waals surface area contributed by atoms with Gasteiger partial charge in [-0.3, -0.25) is 52.7 Å². The summed E-state index contributed by atoms with van der Waals surface area (Å²) in [7, 11) is 0. The predicted molar refractivity (Wildman–Crippen MR) is 246 cm³/mol. The fourth-order valence-electron chi connectivity index (χ4n) is 5.99. The Balaban J connectivity index is 1.94. The number of carbonyl (C=O) groups is 13. The molecule has 14 N–H and O–H groups in total. The number of hydrogen-bond acceptors (Lipinski definition) is 19. The normalized spacial score (nSPS) is 17.8. The average Bonchev–Trinajstić information content (AvgIpc) is 3.32. The number of aliphatic hydroxyl groups excluding tert-OH is 3. The third-order valence-electron chi connectivity index (χ3n) is 9.43. The van der Waals surface area contributed by atoms with Gasteiger partial charge in [0.2, 0.25) is 53.2 Å². The number of ketones is 1. The molecule has 0 aromatic heterocycles. The molecule has 11 amide bonds. The molecule has 73 heavy (non-hydrogen) atoms. The van der Waals surface area contributed by atoms with Crippen LogP contribution in [0.4, 0.5) is 4.79 Å². The van der Waals surface area contributed by atoms with Gasteiger partial charge in [0.25, 0.3) is 5.91 Å². The number of ether oxygens (including phenoxy) is 3. The molecule has 1 heterocycles. The molecule has 30 heteroatoms. The Morgan fingerprint density at radius 3 is 1.58 bits per heavy atom. The second-order valence-corrected chi connectivity index (χ2v) is 17.0. The number of amides is 11. The van der Waals surface area contributed by atoms with Crippen molar-refractivity contribution in [2.45, 2.75) is 95.7 Å². The third kappa shape index (κ3) is 25.2. The molecule has 0 bridgehead atoms. The standard InChI is InChI=1S/C43H63N11O19/c1-22(56)13-44-29(59)14-45-30(60)15-46-31(61)16-47-32(62)17-48-33(63)18-49-35(65)21-71-41(69)26(11-24-9-7-6-8-10-24)52-34(64)19-50-39(68)25(53-42(70)73-43(3,4)5)12-28(58)54-40-36(51-23(2)57)38(67)37(66)27(20-55)72-40/h6-10,25-27,36-38,40,55,66-67H,11-21H2,1-5H3,(H,44,59)(H,45,60)(H,46,61)(H,47,62)(H,48,63)(H,49,65)(H,50,68)(H,51,57)(H,52,64)(H,53,70)(H,54,58)/t25?,26-,27?,36?,37-,38+,40+/m0/s1. The van der Waals surface area contributed by atoms with Crippen LogP contribution >= 0.6 is 0 Å². The Kier molecular flexibility index (Phi) is 25.9. The molecule has 0 spiro atoms. The van der Waals surface area contributed by atoms with Crippen molar-refractivity contribution in [3.63, 3.8) is 0 Å². The number of esters is 1. The van der Waals surface area contributed by atoms with Gasteiger partial charge in [0.1, 0.15) is 47.8 Å². The highest BCUT2D eigenvalue weighted by Crippen LogP contribution is 2.20. The molecule has 1 aromatic rings. The first kappa shape index (κ1) is 61.3. The van der Waals surface area contributed by atoms with Crippen molar-refractivity contribution in [1.82, 2.24) is 58.5 Å². The molecule has 404 valence electrons. The van der Waals surface area contributed by atoms with Gasteiger partial charge in [-0.15, -0.1) is 0 Å². The van der Waals surface area contributed by atoms with Gasteiger partial charge in [0, 0.05) is 13.3 Å². The molecular weight excluding hydrogens is 975 g/mol. The minimum Gasteiger partial charge on any atom is -0.454 e. The first-order chi connectivity index (χ1) is 34.3. The number of carbonyl (C=O) groups excluding carboxylic acids is 13. The van der Waals surface area contributed by atoms with E-state index in [-0.39, 0.29) is 18.7 Å². The van der Waals surface area contributed by atoms with Crippen molar-refractivity contribution in [3.8, 4) is 0 Å². The zero-order valence-corrected chi connectivity index (χ0v) is 40.6. The van der Waals surface area contributed by atoms with Gasteiger partial charge in [-0.1, -0.05) is 30.3 Å². The van der Waals surface area contributed by atoms with Crippen LogP contribution in [0, 0.1) is 0 Å². The molecule has 1 aliphatic rings. The lowest BCUT2D eigenvalue weighted by molar-refractivity contribution is -0.203. The first-order valence-electron chi connectivity index (χ1n) is 22.3. The second-order valence-electron chi connectivity index (χ2n) is 17.0. The average molecular weight is 1040 g/mol. The van der Waals surface area contributed by atoms with Gasteiger partial charge >= 0.3 is 12.1 Å². The van der Waals surface area contributed by atoms with E-state index in [0.29, 0.717) is 5.56 Å². The maximum Gasteiger partial charge on any atom is 0.408 e. The van der Waals surface area contributed by atoms with E-state index >= 15 is 0 Å². The Morgan fingerprint density at radius 2 is 1.10 bits per heavy atom. The molecule has 1 fully saturated rings. The second kappa shape index (κ2) is 30.8. The Labute approximate surface area is 417 Å². The Bertz CT molecular complexity index is 2160. The molecule has 3 unspecified atom stereocenters. The van der Waals surface area contributed by atoms with Gasteiger partial charge in [-0.25, -0.2) is 9.59 Å². The van der Waals surface area contributed by atoms with E-state index in [1.54, 1.807) is 30.3 Å². The summed E-state index contributed by atoms with van der Waals surface area (Å²) < 4.78 is 15.8. The molecule has 7 atom stereocenters. The van der Waals surface area contributed by atoms with E-state index in [1.165, 1.54) is 27.7 Å². The van der Waals surface area contributed by atoms with E-state index in [0.717, 1.165) is 6.92 Å². The van der Waals surface area contributed by atoms with Crippen LogP contribution in [0.5, 0.6) is 0 Å². The van der Waals surface area contributed by atoms with Gasteiger partial charge in [-0.05, 0) is 33.3 Å².